The molecule has 11 nitrogen and oxygen atoms in total. The van der Waals surface area contributed by atoms with Crippen LogP contribution in [0.3, 0.4) is 0 Å². The van der Waals surface area contributed by atoms with Crippen LogP contribution in [0.4, 0.5) is 19.0 Å². The topological polar surface area (TPSA) is 124 Å². The Bertz CT molecular complexity index is 1600. The predicted octanol–water partition coefficient (Wildman–Crippen LogP) is 4.49. The molecule has 1 aliphatic rings. The zero-order chi connectivity index (χ0) is 32.6. The third-order valence-electron chi connectivity index (χ3n) is 7.71. The second-order valence-corrected chi connectivity index (χ2v) is 17.6. The standard InChI is InChI=1S/C28H40F3N7O4SSi/c1-18-14-20(11-13-44(6)7)37(15-18)25-21(26(39)35-43(40,41)22-16-36(5)33-19(22)2)8-9-23(32-25)38-12-10-24(34-38)42-17-27(3,4)28(29,30)31/h8-10,12,16,18,20,44H,11,13-15,17H2,1-7H3,(H,35,39)/t18-,20?/m0/s1. The molecule has 0 aliphatic carbocycles. The van der Waals surface area contributed by atoms with Crippen molar-refractivity contribution >= 4 is 30.5 Å². The van der Waals surface area contributed by atoms with Gasteiger partial charge < -0.3 is 9.64 Å². The van der Waals surface area contributed by atoms with E-state index in [1.807, 2.05) is 0 Å². The highest BCUT2D eigenvalue weighted by Gasteiger charge is 2.48. The maximum Gasteiger partial charge on any atom is 0.397 e. The summed E-state index contributed by atoms with van der Waals surface area (Å²) in [6.07, 6.45) is 0.201. The van der Waals surface area contributed by atoms with E-state index in [9.17, 15) is 26.4 Å². The molecule has 242 valence electrons. The van der Waals surface area contributed by atoms with Crippen molar-refractivity contribution in [3.8, 4) is 11.7 Å². The van der Waals surface area contributed by atoms with Crippen molar-refractivity contribution in [1.29, 1.82) is 0 Å². The summed E-state index contributed by atoms with van der Waals surface area (Å²) >= 11 is 0. The van der Waals surface area contributed by atoms with Gasteiger partial charge in [0.1, 0.15) is 17.3 Å². The first-order valence-corrected chi connectivity index (χ1v) is 19.1. The third-order valence-corrected chi connectivity index (χ3v) is 10.6. The van der Waals surface area contributed by atoms with E-state index in [1.165, 1.54) is 40.0 Å². The van der Waals surface area contributed by atoms with Crippen LogP contribution in [-0.2, 0) is 17.1 Å². The van der Waals surface area contributed by atoms with Crippen molar-refractivity contribution in [2.24, 2.45) is 18.4 Å². The molecule has 0 bridgehead atoms. The van der Waals surface area contributed by atoms with Gasteiger partial charge in [0, 0.05) is 46.9 Å². The van der Waals surface area contributed by atoms with E-state index >= 15 is 0 Å². The molecule has 0 aromatic carbocycles. The highest BCUT2D eigenvalue weighted by molar-refractivity contribution is 7.90. The van der Waals surface area contributed by atoms with Crippen molar-refractivity contribution in [3.63, 3.8) is 0 Å². The molecular weight excluding hydrogens is 616 g/mol. The van der Waals surface area contributed by atoms with E-state index in [0.29, 0.717) is 24.1 Å². The number of hydrogen-bond acceptors (Lipinski definition) is 8. The summed E-state index contributed by atoms with van der Waals surface area (Å²) in [7, 11) is -3.51. The van der Waals surface area contributed by atoms with Crippen LogP contribution in [0.1, 0.15) is 49.7 Å². The highest BCUT2D eigenvalue weighted by atomic mass is 32.2. The number of aromatic nitrogens is 5. The molecule has 0 saturated carbocycles. The lowest BCUT2D eigenvalue weighted by Crippen LogP contribution is -2.37. The SMILES string of the molecule is Cc1nn(C)cc1S(=O)(=O)NC(=O)c1ccc(-n2ccc(OCC(C)(C)C(F)(F)F)n2)nc1N1C[C@@H](C)CC1CC[SiH](C)C. The van der Waals surface area contributed by atoms with Crippen molar-refractivity contribution in [2.45, 2.75) is 76.8 Å². The number of hydrogen-bond donors (Lipinski definition) is 1. The maximum atomic E-state index is 13.6. The van der Waals surface area contributed by atoms with Crippen LogP contribution in [0.2, 0.25) is 19.1 Å². The summed E-state index contributed by atoms with van der Waals surface area (Å²) < 4.78 is 76.4. The summed E-state index contributed by atoms with van der Waals surface area (Å²) in [4.78, 5) is 20.3. The molecule has 1 amide bonds. The molecule has 0 radical (unpaired) electrons. The van der Waals surface area contributed by atoms with Gasteiger partial charge in [-0.05, 0) is 51.7 Å². The third kappa shape index (κ3) is 7.45. The molecule has 3 aromatic heterocycles. The molecule has 1 saturated heterocycles. The van der Waals surface area contributed by atoms with E-state index in [-0.39, 0.29) is 28.1 Å². The highest BCUT2D eigenvalue weighted by Crippen LogP contribution is 2.38. The number of alkyl halides is 3. The second-order valence-electron chi connectivity index (χ2n) is 12.6. The monoisotopic (exact) mass is 655 g/mol. The van der Waals surface area contributed by atoms with Crippen molar-refractivity contribution in [1.82, 2.24) is 29.3 Å². The van der Waals surface area contributed by atoms with Gasteiger partial charge in [-0.3, -0.25) is 9.48 Å². The van der Waals surface area contributed by atoms with Gasteiger partial charge >= 0.3 is 6.18 Å². The molecule has 2 atom stereocenters. The first-order chi connectivity index (χ1) is 20.4. The fraction of sp³-hybridized carbons (Fsp3) is 0.571. The van der Waals surface area contributed by atoms with Crippen LogP contribution in [0, 0.1) is 18.3 Å². The minimum atomic E-state index is -4.45. The normalized spacial score (nSPS) is 17.8. The van der Waals surface area contributed by atoms with Gasteiger partial charge in [0.15, 0.2) is 5.82 Å². The number of aryl methyl sites for hydroxylation is 2. The van der Waals surface area contributed by atoms with Gasteiger partial charge in [0.2, 0.25) is 5.88 Å². The first kappa shape index (κ1) is 33.5. The van der Waals surface area contributed by atoms with Gasteiger partial charge in [-0.1, -0.05) is 26.1 Å². The lowest BCUT2D eigenvalue weighted by atomic mass is 9.94. The van der Waals surface area contributed by atoms with E-state index < -0.39 is 42.9 Å². The lowest BCUT2D eigenvalue weighted by molar-refractivity contribution is -0.219. The van der Waals surface area contributed by atoms with Crippen LogP contribution in [0.15, 0.2) is 35.5 Å². The smallest absolute Gasteiger partial charge is 0.397 e. The summed E-state index contributed by atoms with van der Waals surface area (Å²) in [6, 6.07) is 5.63. The maximum absolute atomic E-state index is 13.6. The number of carbonyl (C=O) groups is 1. The van der Waals surface area contributed by atoms with Crippen LogP contribution in [-0.4, -0.2) is 73.0 Å². The average molecular weight is 656 g/mol. The molecule has 1 fully saturated rings. The molecule has 1 aliphatic heterocycles. The number of carbonyl (C=O) groups excluding carboxylic acids is 1. The molecule has 0 spiro atoms. The summed E-state index contributed by atoms with van der Waals surface area (Å²) in [5.74, 6) is 0.0781. The fourth-order valence-corrected chi connectivity index (χ4v) is 7.33. The number of nitrogens with one attached hydrogen (secondary N) is 1. The predicted molar refractivity (Wildman–Crippen MR) is 163 cm³/mol. The molecular formula is C28H40F3N7O4SSi. The van der Waals surface area contributed by atoms with Gasteiger partial charge in [-0.25, -0.2) is 22.8 Å². The van der Waals surface area contributed by atoms with E-state index in [4.69, 9.17) is 9.72 Å². The zero-order valence-corrected chi connectivity index (χ0v) is 28.0. The van der Waals surface area contributed by atoms with Crippen LogP contribution >= 0.6 is 0 Å². The van der Waals surface area contributed by atoms with Crippen molar-refractivity contribution < 1.29 is 31.1 Å². The number of pyridine rings is 1. The molecule has 4 heterocycles. The zero-order valence-electron chi connectivity index (χ0n) is 26.0. The quantitative estimate of drug-likeness (QED) is 0.300. The number of anilines is 1. The Balaban J connectivity index is 1.69. The summed E-state index contributed by atoms with van der Waals surface area (Å²) in [5.41, 5.74) is -1.75. The van der Waals surface area contributed by atoms with Crippen LogP contribution in [0.5, 0.6) is 5.88 Å². The Labute approximate surface area is 257 Å². The van der Waals surface area contributed by atoms with E-state index in [1.54, 1.807) is 14.0 Å². The molecule has 1 N–H and O–H groups in total. The van der Waals surface area contributed by atoms with Crippen LogP contribution < -0.4 is 14.4 Å². The fourth-order valence-electron chi connectivity index (χ4n) is 5.09. The summed E-state index contributed by atoms with van der Waals surface area (Å²) in [5, 5.41) is 8.33. The van der Waals surface area contributed by atoms with Crippen molar-refractivity contribution in [3.05, 3.63) is 41.9 Å². The molecule has 16 heteroatoms. The molecule has 3 aromatic rings. The summed E-state index contributed by atoms with van der Waals surface area (Å²) in [6.45, 7) is 10.3. The number of halogens is 3. The Hall–Kier alpha value is -3.40. The Kier molecular flexibility index (Phi) is 9.54. The molecule has 44 heavy (non-hydrogen) atoms. The number of nitrogens with zero attached hydrogens (tertiary/aromatic N) is 6. The van der Waals surface area contributed by atoms with Gasteiger partial charge in [-0.2, -0.15) is 18.3 Å². The largest absolute Gasteiger partial charge is 0.476 e. The Morgan fingerprint density at radius 3 is 2.50 bits per heavy atom. The van der Waals surface area contributed by atoms with Crippen LogP contribution in [0.25, 0.3) is 5.82 Å². The van der Waals surface area contributed by atoms with Gasteiger partial charge in [0.25, 0.3) is 15.9 Å². The Morgan fingerprint density at radius 1 is 1.18 bits per heavy atom. The number of ether oxygens (including phenoxy) is 1. The van der Waals surface area contributed by atoms with Crippen molar-refractivity contribution in [2.75, 3.05) is 18.1 Å². The molecule has 4 rings (SSSR count). The Morgan fingerprint density at radius 2 is 1.89 bits per heavy atom. The van der Waals surface area contributed by atoms with Gasteiger partial charge in [-0.15, -0.1) is 5.10 Å². The minimum Gasteiger partial charge on any atom is -0.476 e. The number of amides is 1. The first-order valence-electron chi connectivity index (χ1n) is 14.5. The van der Waals surface area contributed by atoms with E-state index in [2.05, 4.69) is 39.8 Å². The van der Waals surface area contributed by atoms with Gasteiger partial charge in [0.05, 0.1) is 16.7 Å². The lowest BCUT2D eigenvalue weighted by Gasteiger charge is -2.28. The number of sulfonamides is 1. The number of rotatable bonds is 11. The minimum absolute atomic E-state index is 0.0139. The molecule has 1 unspecified atom stereocenters. The van der Waals surface area contributed by atoms with E-state index in [0.717, 1.165) is 32.7 Å². The second kappa shape index (κ2) is 12.5. The average Bonchev–Trinajstić information content (AvgIpc) is 3.63.